The highest BCUT2D eigenvalue weighted by molar-refractivity contribution is 5.89. The number of ether oxygens (including phenoxy) is 4. The van der Waals surface area contributed by atoms with Gasteiger partial charge in [0.2, 0.25) is 0 Å². The predicted molar refractivity (Wildman–Crippen MR) is 92.8 cm³/mol. The van der Waals surface area contributed by atoms with E-state index in [-0.39, 0.29) is 23.8 Å². The molecule has 9 nitrogen and oxygen atoms in total. The number of nitro groups is 1. The second-order valence-corrected chi connectivity index (χ2v) is 5.14. The Morgan fingerprint density at radius 2 is 1.74 bits per heavy atom. The first-order valence-corrected chi connectivity index (χ1v) is 7.84. The van der Waals surface area contributed by atoms with Crippen LogP contribution in [0.1, 0.15) is 10.4 Å². The minimum Gasteiger partial charge on any atom is -0.475 e. The topological polar surface area (TPSA) is 114 Å². The fourth-order valence-corrected chi connectivity index (χ4v) is 1.99. The van der Waals surface area contributed by atoms with Crippen molar-refractivity contribution in [3.63, 3.8) is 0 Å². The molecule has 0 spiro atoms. The molecule has 0 radical (unpaired) electrons. The van der Waals surface area contributed by atoms with Crippen LogP contribution in [-0.4, -0.2) is 43.8 Å². The van der Waals surface area contributed by atoms with E-state index >= 15 is 0 Å². The van der Waals surface area contributed by atoms with E-state index < -0.39 is 23.5 Å². The van der Waals surface area contributed by atoms with Crippen LogP contribution >= 0.6 is 0 Å². The standard InChI is InChI=1S/C18H17NO8/c1-24-10-11-25-18(21)13-6-8-14(9-7-13)27-17(20)12-26-16-5-3-2-4-15(16)19(22)23/h2-9H,10-12H2,1H3. The average Bonchev–Trinajstić information content (AvgIpc) is 2.67. The van der Waals surface area contributed by atoms with Crippen molar-refractivity contribution in [2.75, 3.05) is 26.9 Å². The second kappa shape index (κ2) is 9.88. The summed E-state index contributed by atoms with van der Waals surface area (Å²) in [6, 6.07) is 11.4. The number of rotatable bonds is 9. The van der Waals surface area contributed by atoms with Gasteiger partial charge in [0.05, 0.1) is 17.1 Å². The molecule has 0 atom stereocenters. The van der Waals surface area contributed by atoms with Gasteiger partial charge < -0.3 is 18.9 Å². The van der Waals surface area contributed by atoms with Gasteiger partial charge in [-0.2, -0.15) is 0 Å². The highest BCUT2D eigenvalue weighted by Crippen LogP contribution is 2.25. The number of hydrogen-bond acceptors (Lipinski definition) is 8. The lowest BCUT2D eigenvalue weighted by atomic mass is 10.2. The first-order chi connectivity index (χ1) is 13.0. The Morgan fingerprint density at radius 3 is 2.41 bits per heavy atom. The SMILES string of the molecule is COCCOC(=O)c1ccc(OC(=O)COc2ccccc2[N+](=O)[O-])cc1. The van der Waals surface area contributed by atoms with Crippen molar-refractivity contribution in [3.8, 4) is 11.5 Å². The zero-order chi connectivity index (χ0) is 19.6. The maximum atomic E-state index is 11.8. The van der Waals surface area contributed by atoms with E-state index in [1.54, 1.807) is 6.07 Å². The largest absolute Gasteiger partial charge is 0.475 e. The average molecular weight is 375 g/mol. The van der Waals surface area contributed by atoms with Crippen LogP contribution in [0.3, 0.4) is 0 Å². The number of nitro benzene ring substituents is 1. The molecule has 0 aliphatic heterocycles. The molecule has 2 aromatic carbocycles. The molecule has 0 amide bonds. The molecule has 27 heavy (non-hydrogen) atoms. The molecule has 0 aromatic heterocycles. The maximum Gasteiger partial charge on any atom is 0.349 e. The van der Waals surface area contributed by atoms with Crippen LogP contribution in [0.2, 0.25) is 0 Å². The molecule has 0 unspecified atom stereocenters. The molecule has 0 heterocycles. The molecular weight excluding hydrogens is 358 g/mol. The third-order valence-electron chi connectivity index (χ3n) is 3.25. The fourth-order valence-electron chi connectivity index (χ4n) is 1.99. The minimum atomic E-state index is -0.747. The molecule has 2 rings (SSSR count). The lowest BCUT2D eigenvalue weighted by molar-refractivity contribution is -0.385. The van der Waals surface area contributed by atoms with E-state index in [1.807, 2.05) is 0 Å². The van der Waals surface area contributed by atoms with E-state index in [2.05, 4.69) is 0 Å². The molecule has 0 aliphatic carbocycles. The number of methoxy groups -OCH3 is 1. The second-order valence-electron chi connectivity index (χ2n) is 5.14. The maximum absolute atomic E-state index is 11.8. The monoisotopic (exact) mass is 375 g/mol. The van der Waals surface area contributed by atoms with E-state index in [4.69, 9.17) is 18.9 Å². The molecule has 0 aliphatic rings. The molecule has 142 valence electrons. The van der Waals surface area contributed by atoms with Crippen molar-refractivity contribution in [3.05, 3.63) is 64.2 Å². The Bertz CT molecular complexity index is 803. The van der Waals surface area contributed by atoms with Crippen molar-refractivity contribution in [1.29, 1.82) is 0 Å². The van der Waals surface area contributed by atoms with Gasteiger partial charge in [0, 0.05) is 13.2 Å². The van der Waals surface area contributed by atoms with Crippen LogP contribution in [0.5, 0.6) is 11.5 Å². The zero-order valence-corrected chi connectivity index (χ0v) is 14.5. The lowest BCUT2D eigenvalue weighted by Crippen LogP contribution is -2.18. The third-order valence-corrected chi connectivity index (χ3v) is 3.25. The number of para-hydroxylation sites is 2. The molecular formula is C18H17NO8. The number of benzene rings is 2. The molecule has 0 saturated heterocycles. The van der Waals surface area contributed by atoms with Gasteiger partial charge in [-0.25, -0.2) is 9.59 Å². The first kappa shape index (κ1) is 19.9. The summed E-state index contributed by atoms with van der Waals surface area (Å²) in [5.74, 6) is -1.11. The smallest absolute Gasteiger partial charge is 0.349 e. The van der Waals surface area contributed by atoms with Crippen molar-refractivity contribution >= 4 is 17.6 Å². The minimum absolute atomic E-state index is 0.0337. The summed E-state index contributed by atoms with van der Waals surface area (Å²) in [6.07, 6.45) is 0. The molecule has 0 N–H and O–H groups in total. The van der Waals surface area contributed by atoms with E-state index in [9.17, 15) is 19.7 Å². The van der Waals surface area contributed by atoms with Gasteiger partial charge in [0.15, 0.2) is 12.4 Å². The van der Waals surface area contributed by atoms with Crippen molar-refractivity contribution in [1.82, 2.24) is 0 Å². The van der Waals surface area contributed by atoms with Crippen LogP contribution in [0.15, 0.2) is 48.5 Å². The van der Waals surface area contributed by atoms with Crippen molar-refractivity contribution < 1.29 is 33.5 Å². The molecule has 0 saturated carbocycles. The van der Waals surface area contributed by atoms with Gasteiger partial charge in [-0.15, -0.1) is 0 Å². The summed E-state index contributed by atoms with van der Waals surface area (Å²) < 4.78 is 20.0. The Kier molecular flexibility index (Phi) is 7.26. The van der Waals surface area contributed by atoms with Crippen LogP contribution in [0.25, 0.3) is 0 Å². The highest BCUT2D eigenvalue weighted by atomic mass is 16.6. The summed E-state index contributed by atoms with van der Waals surface area (Å²) >= 11 is 0. The summed E-state index contributed by atoms with van der Waals surface area (Å²) in [6.45, 7) is -0.0816. The third kappa shape index (κ3) is 6.08. The van der Waals surface area contributed by atoms with E-state index in [1.165, 1.54) is 49.6 Å². The van der Waals surface area contributed by atoms with Crippen LogP contribution < -0.4 is 9.47 Å². The van der Waals surface area contributed by atoms with Crippen LogP contribution in [0, 0.1) is 10.1 Å². The van der Waals surface area contributed by atoms with Gasteiger partial charge in [0.1, 0.15) is 12.4 Å². The van der Waals surface area contributed by atoms with Crippen molar-refractivity contribution in [2.24, 2.45) is 0 Å². The molecule has 0 bridgehead atoms. The molecule has 2 aromatic rings. The van der Waals surface area contributed by atoms with Crippen molar-refractivity contribution in [2.45, 2.75) is 0 Å². The van der Waals surface area contributed by atoms with Gasteiger partial charge >= 0.3 is 17.6 Å². The van der Waals surface area contributed by atoms with Crippen LogP contribution in [-0.2, 0) is 14.3 Å². The Morgan fingerprint density at radius 1 is 1.04 bits per heavy atom. The summed E-state index contributed by atoms with van der Waals surface area (Å²) in [5.41, 5.74) is 0.0451. The number of carbonyl (C=O) groups is 2. The Balaban J connectivity index is 1.87. The van der Waals surface area contributed by atoms with E-state index in [0.29, 0.717) is 12.2 Å². The quantitative estimate of drug-likeness (QED) is 0.216. The zero-order valence-electron chi connectivity index (χ0n) is 14.5. The number of hydrogen-bond donors (Lipinski definition) is 0. The first-order valence-electron chi connectivity index (χ1n) is 7.84. The van der Waals surface area contributed by atoms with E-state index in [0.717, 1.165) is 0 Å². The van der Waals surface area contributed by atoms with Crippen LogP contribution in [0.4, 0.5) is 5.69 Å². The van der Waals surface area contributed by atoms with Gasteiger partial charge in [-0.05, 0) is 30.3 Å². The molecule has 9 heteroatoms. The highest BCUT2D eigenvalue weighted by Gasteiger charge is 2.16. The Hall–Kier alpha value is -3.46. The fraction of sp³-hybridized carbons (Fsp3) is 0.222. The van der Waals surface area contributed by atoms with Gasteiger partial charge in [-0.1, -0.05) is 12.1 Å². The summed E-state index contributed by atoms with van der Waals surface area (Å²) in [7, 11) is 1.50. The Labute approximate surface area is 154 Å². The van der Waals surface area contributed by atoms with Gasteiger partial charge in [0.25, 0.3) is 0 Å². The summed E-state index contributed by atoms with van der Waals surface area (Å²) in [5, 5.41) is 10.9. The summed E-state index contributed by atoms with van der Waals surface area (Å²) in [4.78, 5) is 33.9. The lowest BCUT2D eigenvalue weighted by Gasteiger charge is -2.08. The normalized spacial score (nSPS) is 10.1. The number of carbonyl (C=O) groups excluding carboxylic acids is 2. The van der Waals surface area contributed by atoms with Gasteiger partial charge in [-0.3, -0.25) is 10.1 Å². The molecule has 0 fully saturated rings. The number of nitrogens with zero attached hydrogens (tertiary/aromatic N) is 1. The predicted octanol–water partition coefficient (Wildman–Crippen LogP) is 2.38. The number of esters is 2.